The first-order chi connectivity index (χ1) is 11.2. The van der Waals surface area contributed by atoms with Gasteiger partial charge in [-0.3, -0.25) is 9.79 Å². The van der Waals surface area contributed by atoms with Crippen molar-refractivity contribution in [2.24, 2.45) is 16.8 Å². The number of hydrogen-bond acceptors (Lipinski definition) is 2. The first kappa shape index (κ1) is 16.6. The Morgan fingerprint density at radius 2 is 1.91 bits per heavy atom. The molecule has 23 heavy (non-hydrogen) atoms. The minimum absolute atomic E-state index is 0.289. The van der Waals surface area contributed by atoms with Gasteiger partial charge in [-0.25, -0.2) is 0 Å². The second kappa shape index (κ2) is 7.54. The molecule has 0 bridgehead atoms. The van der Waals surface area contributed by atoms with E-state index in [1.54, 1.807) is 0 Å². The summed E-state index contributed by atoms with van der Waals surface area (Å²) in [7, 11) is 0. The van der Waals surface area contributed by atoms with Gasteiger partial charge in [-0.1, -0.05) is 26.2 Å². The molecule has 0 aromatic carbocycles. The largest absolute Gasteiger partial charge is 0.353 e. The molecule has 0 aromatic rings. The Balaban J connectivity index is 1.48. The summed E-state index contributed by atoms with van der Waals surface area (Å²) in [5.74, 6) is 2.37. The van der Waals surface area contributed by atoms with Crippen molar-refractivity contribution in [3.63, 3.8) is 0 Å². The minimum atomic E-state index is 0.289. The molecular weight excluding hydrogens is 288 g/mol. The van der Waals surface area contributed by atoms with Gasteiger partial charge in [-0.15, -0.1) is 0 Å². The summed E-state index contributed by atoms with van der Waals surface area (Å²) in [6.07, 6.45) is 8.21. The first-order valence-electron chi connectivity index (χ1n) is 9.53. The number of likely N-dealkylation sites (tertiary alicyclic amines) is 1. The van der Waals surface area contributed by atoms with Crippen molar-refractivity contribution in [1.82, 2.24) is 15.5 Å². The molecule has 1 saturated heterocycles. The van der Waals surface area contributed by atoms with Crippen LogP contribution in [0.25, 0.3) is 0 Å². The molecule has 3 unspecified atom stereocenters. The maximum Gasteiger partial charge on any atom is 0.225 e. The van der Waals surface area contributed by atoms with E-state index >= 15 is 0 Å². The molecule has 3 aliphatic rings. The lowest BCUT2D eigenvalue weighted by molar-refractivity contribution is -0.135. The smallest absolute Gasteiger partial charge is 0.225 e. The van der Waals surface area contributed by atoms with Gasteiger partial charge in [0, 0.05) is 37.6 Å². The topological polar surface area (TPSA) is 56.7 Å². The fourth-order valence-electron chi connectivity index (χ4n) is 3.87. The molecule has 3 fully saturated rings. The van der Waals surface area contributed by atoms with Crippen LogP contribution in [-0.4, -0.2) is 48.5 Å². The molecule has 1 aliphatic heterocycles. The lowest BCUT2D eigenvalue weighted by atomic mass is 9.88. The van der Waals surface area contributed by atoms with E-state index in [9.17, 15) is 4.79 Å². The maximum atomic E-state index is 12.6. The quantitative estimate of drug-likeness (QED) is 0.616. The van der Waals surface area contributed by atoms with Crippen LogP contribution in [0, 0.1) is 11.8 Å². The first-order valence-corrected chi connectivity index (χ1v) is 9.53. The number of aliphatic imine (C=N–C) groups is 1. The van der Waals surface area contributed by atoms with E-state index in [0.717, 1.165) is 50.8 Å². The number of rotatable bonds is 4. The molecule has 2 aliphatic carbocycles. The number of guanidine groups is 1. The summed E-state index contributed by atoms with van der Waals surface area (Å²) in [6, 6.07) is 0.920. The zero-order valence-electron chi connectivity index (χ0n) is 14.7. The highest BCUT2D eigenvalue weighted by atomic mass is 16.2. The molecular formula is C18H32N4O. The number of nitrogens with zero attached hydrogens (tertiary/aromatic N) is 2. The zero-order chi connectivity index (χ0) is 16.2. The van der Waals surface area contributed by atoms with Gasteiger partial charge in [0.1, 0.15) is 0 Å². The van der Waals surface area contributed by atoms with E-state index < -0.39 is 0 Å². The summed E-state index contributed by atoms with van der Waals surface area (Å²) in [4.78, 5) is 19.3. The summed E-state index contributed by atoms with van der Waals surface area (Å²) in [5, 5.41) is 7.05. The molecule has 0 spiro atoms. The highest BCUT2D eigenvalue weighted by Gasteiger charge is 2.35. The van der Waals surface area contributed by atoms with Crippen LogP contribution in [-0.2, 0) is 4.79 Å². The van der Waals surface area contributed by atoms with Crippen molar-refractivity contribution in [3.8, 4) is 0 Å². The molecule has 1 heterocycles. The van der Waals surface area contributed by atoms with Crippen LogP contribution in [0.2, 0.25) is 0 Å². The van der Waals surface area contributed by atoms with Gasteiger partial charge < -0.3 is 15.5 Å². The minimum Gasteiger partial charge on any atom is -0.353 e. The third-order valence-electron chi connectivity index (χ3n) is 5.54. The molecule has 3 rings (SSSR count). The van der Waals surface area contributed by atoms with E-state index in [1.165, 1.54) is 25.7 Å². The van der Waals surface area contributed by atoms with Crippen LogP contribution < -0.4 is 10.6 Å². The van der Waals surface area contributed by atoms with E-state index in [0.29, 0.717) is 18.0 Å². The van der Waals surface area contributed by atoms with Crippen molar-refractivity contribution in [2.45, 2.75) is 70.9 Å². The summed E-state index contributed by atoms with van der Waals surface area (Å²) in [6.45, 7) is 6.84. The molecule has 130 valence electrons. The van der Waals surface area contributed by atoms with E-state index in [1.807, 2.05) is 0 Å². The lowest BCUT2D eigenvalue weighted by Gasteiger charge is -2.26. The average molecular weight is 320 g/mol. The van der Waals surface area contributed by atoms with Crippen molar-refractivity contribution < 1.29 is 4.79 Å². The van der Waals surface area contributed by atoms with Gasteiger partial charge in [0.25, 0.3) is 0 Å². The Hall–Kier alpha value is -1.26. The fraction of sp³-hybridized carbons (Fsp3) is 0.889. The van der Waals surface area contributed by atoms with Gasteiger partial charge in [0.2, 0.25) is 5.91 Å². The standard InChI is InChI=1S/C18H32N4O/c1-3-19-18(21-16-11-13(16)2)20-15-9-10-22(12-15)17(23)14-7-5-4-6-8-14/h13-16H,3-12H2,1-2H3,(H2,19,20,21). The monoisotopic (exact) mass is 320 g/mol. The summed E-state index contributed by atoms with van der Waals surface area (Å²) < 4.78 is 0. The number of carbonyl (C=O) groups excluding carboxylic acids is 1. The fourth-order valence-corrected chi connectivity index (χ4v) is 3.87. The summed E-state index contributed by atoms with van der Waals surface area (Å²) in [5.41, 5.74) is 0. The van der Waals surface area contributed by atoms with Gasteiger partial charge in [0.05, 0.1) is 0 Å². The third-order valence-corrected chi connectivity index (χ3v) is 5.54. The van der Waals surface area contributed by atoms with Gasteiger partial charge in [0.15, 0.2) is 5.96 Å². The number of carbonyl (C=O) groups is 1. The maximum absolute atomic E-state index is 12.6. The van der Waals surface area contributed by atoms with Gasteiger partial charge >= 0.3 is 0 Å². The van der Waals surface area contributed by atoms with Crippen LogP contribution in [0.5, 0.6) is 0 Å². The molecule has 5 heteroatoms. The predicted molar refractivity (Wildman–Crippen MR) is 93.4 cm³/mol. The Morgan fingerprint density at radius 1 is 1.17 bits per heavy atom. The Bertz CT molecular complexity index is 444. The van der Waals surface area contributed by atoms with Crippen molar-refractivity contribution in [1.29, 1.82) is 0 Å². The van der Waals surface area contributed by atoms with Gasteiger partial charge in [-0.05, 0) is 38.5 Å². The van der Waals surface area contributed by atoms with E-state index in [2.05, 4.69) is 34.4 Å². The SMILES string of the molecule is CCN=C(NC1CCN(C(=O)C2CCCCC2)C1)NC1CC1C. The van der Waals surface area contributed by atoms with Crippen molar-refractivity contribution in [3.05, 3.63) is 0 Å². The number of hydrogen-bond donors (Lipinski definition) is 2. The molecule has 1 amide bonds. The molecule has 5 nitrogen and oxygen atoms in total. The number of amides is 1. The molecule has 2 saturated carbocycles. The summed E-state index contributed by atoms with van der Waals surface area (Å²) >= 11 is 0. The Morgan fingerprint density at radius 3 is 2.57 bits per heavy atom. The van der Waals surface area contributed by atoms with Crippen LogP contribution in [0.1, 0.15) is 58.8 Å². The van der Waals surface area contributed by atoms with Crippen LogP contribution in [0.3, 0.4) is 0 Å². The molecule has 0 radical (unpaired) electrons. The van der Waals surface area contributed by atoms with Gasteiger partial charge in [-0.2, -0.15) is 0 Å². The van der Waals surface area contributed by atoms with Crippen LogP contribution >= 0.6 is 0 Å². The van der Waals surface area contributed by atoms with E-state index in [4.69, 9.17) is 0 Å². The predicted octanol–water partition coefficient (Wildman–Crippen LogP) is 2.13. The lowest BCUT2D eigenvalue weighted by Crippen LogP contribution is -2.46. The Labute approximate surface area is 140 Å². The van der Waals surface area contributed by atoms with Crippen LogP contribution in [0.4, 0.5) is 0 Å². The van der Waals surface area contributed by atoms with E-state index in [-0.39, 0.29) is 5.92 Å². The van der Waals surface area contributed by atoms with Crippen molar-refractivity contribution >= 4 is 11.9 Å². The second-order valence-corrected chi connectivity index (χ2v) is 7.54. The van der Waals surface area contributed by atoms with Crippen molar-refractivity contribution in [2.75, 3.05) is 19.6 Å². The third kappa shape index (κ3) is 4.39. The normalized spacial score (nSPS) is 32.0. The highest BCUT2D eigenvalue weighted by Crippen LogP contribution is 2.29. The molecule has 0 aromatic heterocycles. The average Bonchev–Trinajstić information content (AvgIpc) is 3.06. The zero-order valence-corrected chi connectivity index (χ0v) is 14.7. The molecule has 2 N–H and O–H groups in total. The number of nitrogens with one attached hydrogen (secondary N) is 2. The second-order valence-electron chi connectivity index (χ2n) is 7.54. The van der Waals surface area contributed by atoms with Crippen LogP contribution in [0.15, 0.2) is 4.99 Å². The Kier molecular flexibility index (Phi) is 5.44. The highest BCUT2D eigenvalue weighted by molar-refractivity contribution is 5.82. The molecule has 3 atom stereocenters.